The largest absolute Gasteiger partial charge is 0.397 e. The van der Waals surface area contributed by atoms with Crippen molar-refractivity contribution in [3.63, 3.8) is 0 Å². The number of fused-ring (bicyclic) bond motifs is 1. The van der Waals surface area contributed by atoms with Crippen LogP contribution in [0.1, 0.15) is 34.6 Å². The van der Waals surface area contributed by atoms with Crippen LogP contribution in [0.25, 0.3) is 10.2 Å². The van der Waals surface area contributed by atoms with E-state index in [-0.39, 0.29) is 5.91 Å². The summed E-state index contributed by atoms with van der Waals surface area (Å²) in [4.78, 5) is 13.8. The molecule has 0 bridgehead atoms. The molecule has 19 heavy (non-hydrogen) atoms. The second-order valence-corrected chi connectivity index (χ2v) is 6.24. The summed E-state index contributed by atoms with van der Waals surface area (Å²) in [5, 5.41) is 8.23. The molecule has 0 aromatic carbocycles. The summed E-state index contributed by atoms with van der Waals surface area (Å²) in [6.07, 6.45) is 3.74. The van der Waals surface area contributed by atoms with Gasteiger partial charge in [0.05, 0.1) is 16.8 Å². The van der Waals surface area contributed by atoms with E-state index in [2.05, 4.69) is 10.4 Å². The Labute approximate surface area is 115 Å². The van der Waals surface area contributed by atoms with Crippen LogP contribution in [0.5, 0.6) is 0 Å². The third kappa shape index (κ3) is 2.00. The summed E-state index contributed by atoms with van der Waals surface area (Å²) in [5.74, 6) is 0.605. The molecule has 0 atom stereocenters. The number of carbonyl (C=O) groups excluding carboxylic acids is 1. The lowest BCUT2D eigenvalue weighted by atomic mass is 9.85. The fraction of sp³-hybridized carbons (Fsp3) is 0.538. The number of nitrogens with two attached hydrogens (primary N) is 1. The van der Waals surface area contributed by atoms with Gasteiger partial charge in [0, 0.05) is 13.6 Å². The first kappa shape index (κ1) is 12.5. The topological polar surface area (TPSA) is 72.9 Å². The van der Waals surface area contributed by atoms with Gasteiger partial charge in [-0.15, -0.1) is 11.3 Å². The summed E-state index contributed by atoms with van der Waals surface area (Å²) < 4.78 is 1.79. The smallest absolute Gasteiger partial charge is 0.263 e. The number of carbonyl (C=O) groups is 1. The molecule has 0 aliphatic heterocycles. The molecular formula is C13H18N4OS. The van der Waals surface area contributed by atoms with Gasteiger partial charge in [-0.3, -0.25) is 9.48 Å². The zero-order valence-electron chi connectivity index (χ0n) is 11.2. The number of nitrogens with zero attached hydrogens (tertiary/aromatic N) is 2. The number of anilines is 1. The Morgan fingerprint density at radius 2 is 2.32 bits per heavy atom. The predicted octanol–water partition coefficient (Wildman–Crippen LogP) is 2.06. The van der Waals surface area contributed by atoms with Crippen molar-refractivity contribution in [2.75, 3.05) is 12.3 Å². The van der Waals surface area contributed by atoms with E-state index in [0.29, 0.717) is 16.5 Å². The van der Waals surface area contributed by atoms with Crippen LogP contribution in [0.4, 0.5) is 5.69 Å². The third-order valence-corrected chi connectivity index (χ3v) is 5.14. The van der Waals surface area contributed by atoms with Gasteiger partial charge < -0.3 is 11.1 Å². The summed E-state index contributed by atoms with van der Waals surface area (Å²) >= 11 is 1.42. The number of hydrogen-bond donors (Lipinski definition) is 2. The molecule has 1 amide bonds. The highest BCUT2D eigenvalue weighted by Gasteiger charge is 2.23. The Morgan fingerprint density at radius 3 is 2.89 bits per heavy atom. The van der Waals surface area contributed by atoms with Gasteiger partial charge in [-0.1, -0.05) is 6.42 Å². The molecule has 5 nitrogen and oxygen atoms in total. The molecule has 0 saturated heterocycles. The minimum Gasteiger partial charge on any atom is -0.397 e. The van der Waals surface area contributed by atoms with Gasteiger partial charge in [0.1, 0.15) is 9.71 Å². The van der Waals surface area contributed by atoms with Crippen molar-refractivity contribution in [2.45, 2.75) is 26.2 Å². The molecule has 1 aliphatic rings. The number of hydrogen-bond acceptors (Lipinski definition) is 4. The van der Waals surface area contributed by atoms with Crippen molar-refractivity contribution < 1.29 is 4.79 Å². The van der Waals surface area contributed by atoms with E-state index >= 15 is 0 Å². The van der Waals surface area contributed by atoms with Crippen LogP contribution in [0, 0.1) is 12.8 Å². The van der Waals surface area contributed by atoms with Gasteiger partial charge in [-0.05, 0) is 25.7 Å². The Hall–Kier alpha value is -1.56. The first-order chi connectivity index (χ1) is 9.08. The van der Waals surface area contributed by atoms with Gasteiger partial charge in [0.25, 0.3) is 5.91 Å². The normalized spacial score (nSPS) is 15.7. The molecule has 0 unspecified atom stereocenters. The standard InChI is InChI=1S/C13H18N4OS/c1-7-9-10(14)11(19-13(9)17(2)16-7)12(18)15-6-8-4-3-5-8/h8H,3-6,14H2,1-2H3,(H,15,18). The zero-order chi connectivity index (χ0) is 13.6. The number of aromatic nitrogens is 2. The molecule has 6 heteroatoms. The number of rotatable bonds is 3. The molecule has 3 rings (SSSR count). The first-order valence-electron chi connectivity index (χ1n) is 6.57. The van der Waals surface area contributed by atoms with Crippen molar-refractivity contribution in [3.8, 4) is 0 Å². The lowest BCUT2D eigenvalue weighted by molar-refractivity contribution is 0.0944. The molecule has 1 saturated carbocycles. The maximum atomic E-state index is 12.2. The minimum atomic E-state index is -0.0509. The van der Waals surface area contributed by atoms with Gasteiger partial charge in [0.2, 0.25) is 0 Å². The molecule has 2 aromatic rings. The molecular weight excluding hydrogens is 260 g/mol. The monoisotopic (exact) mass is 278 g/mol. The summed E-state index contributed by atoms with van der Waals surface area (Å²) in [6.45, 7) is 2.69. The minimum absolute atomic E-state index is 0.0509. The van der Waals surface area contributed by atoms with Crippen LogP contribution in [0.2, 0.25) is 0 Å². The highest BCUT2D eigenvalue weighted by Crippen LogP contribution is 2.35. The molecule has 1 aliphatic carbocycles. The highest BCUT2D eigenvalue weighted by molar-refractivity contribution is 7.21. The molecule has 1 fully saturated rings. The van der Waals surface area contributed by atoms with E-state index < -0.39 is 0 Å². The molecule has 102 valence electrons. The van der Waals surface area contributed by atoms with Crippen molar-refractivity contribution in [3.05, 3.63) is 10.6 Å². The van der Waals surface area contributed by atoms with Crippen LogP contribution >= 0.6 is 11.3 Å². The van der Waals surface area contributed by atoms with Crippen LogP contribution in [-0.2, 0) is 7.05 Å². The van der Waals surface area contributed by atoms with E-state index in [1.54, 1.807) is 4.68 Å². The number of nitrogen functional groups attached to an aromatic ring is 1. The first-order valence-corrected chi connectivity index (χ1v) is 7.39. The fourth-order valence-electron chi connectivity index (χ4n) is 2.51. The number of thiophene rings is 1. The Kier molecular flexibility index (Phi) is 2.97. The summed E-state index contributed by atoms with van der Waals surface area (Å²) in [6, 6.07) is 0. The second-order valence-electron chi connectivity index (χ2n) is 5.24. The number of amides is 1. The Morgan fingerprint density at radius 1 is 1.58 bits per heavy atom. The average Bonchev–Trinajstić information content (AvgIpc) is 2.77. The Balaban J connectivity index is 1.85. The lowest BCUT2D eigenvalue weighted by Gasteiger charge is -2.25. The van der Waals surface area contributed by atoms with Crippen molar-refractivity contribution in [1.29, 1.82) is 0 Å². The van der Waals surface area contributed by atoms with E-state index in [4.69, 9.17) is 5.73 Å². The molecule has 2 aromatic heterocycles. The van der Waals surface area contributed by atoms with E-state index in [1.807, 2.05) is 14.0 Å². The maximum Gasteiger partial charge on any atom is 0.263 e. The summed E-state index contributed by atoms with van der Waals surface area (Å²) in [5.41, 5.74) is 7.55. The van der Waals surface area contributed by atoms with E-state index in [0.717, 1.165) is 22.5 Å². The molecule has 3 N–H and O–H groups in total. The highest BCUT2D eigenvalue weighted by atomic mass is 32.1. The Bertz CT molecular complexity index is 639. The van der Waals surface area contributed by atoms with Crippen molar-refractivity contribution >= 4 is 33.1 Å². The van der Waals surface area contributed by atoms with Crippen LogP contribution in [0.15, 0.2) is 0 Å². The van der Waals surface area contributed by atoms with Gasteiger partial charge in [0.15, 0.2) is 0 Å². The molecule has 2 heterocycles. The molecule has 0 spiro atoms. The fourth-order valence-corrected chi connectivity index (χ4v) is 3.62. The second kappa shape index (κ2) is 4.52. The van der Waals surface area contributed by atoms with Crippen LogP contribution < -0.4 is 11.1 Å². The quantitative estimate of drug-likeness (QED) is 0.902. The van der Waals surface area contributed by atoms with Crippen LogP contribution in [0.3, 0.4) is 0 Å². The maximum absolute atomic E-state index is 12.2. The third-order valence-electron chi connectivity index (χ3n) is 3.86. The van der Waals surface area contributed by atoms with Crippen molar-refractivity contribution in [2.24, 2.45) is 13.0 Å². The predicted molar refractivity (Wildman–Crippen MR) is 77.4 cm³/mol. The summed E-state index contributed by atoms with van der Waals surface area (Å²) in [7, 11) is 1.88. The van der Waals surface area contributed by atoms with Gasteiger partial charge in [-0.2, -0.15) is 5.10 Å². The number of aryl methyl sites for hydroxylation is 2. The van der Waals surface area contributed by atoms with Gasteiger partial charge >= 0.3 is 0 Å². The SMILES string of the molecule is Cc1nn(C)c2sc(C(=O)NCC3CCC3)c(N)c12. The van der Waals surface area contributed by atoms with Gasteiger partial charge in [-0.25, -0.2) is 0 Å². The van der Waals surface area contributed by atoms with Crippen LogP contribution in [-0.4, -0.2) is 22.2 Å². The van der Waals surface area contributed by atoms with E-state index in [1.165, 1.54) is 30.6 Å². The lowest BCUT2D eigenvalue weighted by Crippen LogP contribution is -2.32. The zero-order valence-corrected chi connectivity index (χ0v) is 12.0. The van der Waals surface area contributed by atoms with Crippen molar-refractivity contribution in [1.82, 2.24) is 15.1 Å². The number of nitrogens with one attached hydrogen (secondary N) is 1. The average molecular weight is 278 g/mol. The molecule has 0 radical (unpaired) electrons. The van der Waals surface area contributed by atoms with E-state index in [9.17, 15) is 4.79 Å².